The largest absolute Gasteiger partial charge is 0.342 e. The fourth-order valence-electron chi connectivity index (χ4n) is 3.26. The molecule has 0 saturated heterocycles. The Labute approximate surface area is 209 Å². The van der Waals surface area contributed by atoms with Crippen LogP contribution >= 0.6 is 23.4 Å². The third-order valence-corrected chi connectivity index (χ3v) is 6.28. The van der Waals surface area contributed by atoms with Crippen molar-refractivity contribution in [1.29, 1.82) is 0 Å². The van der Waals surface area contributed by atoms with Crippen LogP contribution in [0.5, 0.6) is 0 Å². The molecule has 0 aliphatic heterocycles. The van der Waals surface area contributed by atoms with Gasteiger partial charge >= 0.3 is 0 Å². The fourth-order valence-corrected chi connectivity index (χ4v) is 4.14. The molecule has 9 heteroatoms. The molecule has 34 heavy (non-hydrogen) atoms. The number of hydrogen-bond donors (Lipinski definition) is 2. The number of amides is 2. The normalized spacial score (nSPS) is 11.8. The lowest BCUT2D eigenvalue weighted by Gasteiger charge is -2.22. The van der Waals surface area contributed by atoms with Gasteiger partial charge in [0.05, 0.1) is 11.8 Å². The van der Waals surface area contributed by atoms with Crippen molar-refractivity contribution in [3.8, 4) is 0 Å². The van der Waals surface area contributed by atoms with Crippen molar-refractivity contribution in [2.75, 3.05) is 11.1 Å². The van der Waals surface area contributed by atoms with Gasteiger partial charge in [0.1, 0.15) is 0 Å². The van der Waals surface area contributed by atoms with Crippen molar-refractivity contribution >= 4 is 40.9 Å². The van der Waals surface area contributed by atoms with Gasteiger partial charge in [-0.05, 0) is 49.2 Å². The van der Waals surface area contributed by atoms with E-state index in [4.69, 9.17) is 11.6 Å². The Morgan fingerprint density at radius 2 is 1.79 bits per heavy atom. The summed E-state index contributed by atoms with van der Waals surface area (Å²) >= 11 is 7.16. The zero-order chi connectivity index (χ0) is 24.7. The number of nitrogens with zero attached hydrogens (tertiary/aromatic N) is 3. The van der Waals surface area contributed by atoms with Crippen LogP contribution in [0.25, 0.3) is 0 Å². The van der Waals surface area contributed by atoms with E-state index in [2.05, 4.69) is 27.4 Å². The topological polar surface area (TPSA) is 88.9 Å². The minimum atomic E-state index is -0.363. The maximum atomic E-state index is 12.9. The van der Waals surface area contributed by atoms with E-state index in [1.807, 2.05) is 37.5 Å². The highest BCUT2D eigenvalue weighted by Crippen LogP contribution is 2.26. The summed E-state index contributed by atoms with van der Waals surface area (Å²) in [7, 11) is 0. The molecular weight excluding hydrogens is 470 g/mol. The number of aromatic nitrogens is 3. The number of benzene rings is 2. The molecule has 2 N–H and O–H groups in total. The van der Waals surface area contributed by atoms with Gasteiger partial charge < -0.3 is 15.2 Å². The Hall–Kier alpha value is -3.10. The first kappa shape index (κ1) is 25.5. The van der Waals surface area contributed by atoms with E-state index in [9.17, 15) is 9.59 Å². The summed E-state index contributed by atoms with van der Waals surface area (Å²) in [5, 5.41) is 15.8. The second-order valence-electron chi connectivity index (χ2n) is 8.14. The van der Waals surface area contributed by atoms with E-state index in [1.54, 1.807) is 42.5 Å². The Balaban J connectivity index is 1.74. The van der Waals surface area contributed by atoms with Crippen LogP contribution < -0.4 is 10.6 Å². The maximum Gasteiger partial charge on any atom is 0.251 e. The molecule has 0 saturated carbocycles. The maximum absolute atomic E-state index is 12.9. The van der Waals surface area contributed by atoms with Crippen molar-refractivity contribution in [3.63, 3.8) is 0 Å². The van der Waals surface area contributed by atoms with Gasteiger partial charge in [0, 0.05) is 22.8 Å². The number of thioether (sulfide) groups is 1. The first-order valence-corrected chi connectivity index (χ1v) is 12.2. The van der Waals surface area contributed by atoms with Gasteiger partial charge in [0.2, 0.25) is 5.91 Å². The van der Waals surface area contributed by atoms with Gasteiger partial charge in [-0.2, -0.15) is 0 Å². The number of aryl methyl sites for hydroxylation is 1. The first-order chi connectivity index (χ1) is 16.3. The molecule has 2 aromatic carbocycles. The molecule has 0 radical (unpaired) electrons. The monoisotopic (exact) mass is 497 g/mol. The summed E-state index contributed by atoms with van der Waals surface area (Å²) < 4.78 is 1.88. The number of rotatable bonds is 10. The Bertz CT molecular complexity index is 1140. The number of allylic oxidation sites excluding steroid dienone is 1. The molecule has 178 valence electrons. The summed E-state index contributed by atoms with van der Waals surface area (Å²) in [4.78, 5) is 25.3. The lowest BCUT2D eigenvalue weighted by atomic mass is 10.0. The molecule has 0 fully saturated rings. The number of halogens is 1. The molecule has 0 spiro atoms. The van der Waals surface area contributed by atoms with Gasteiger partial charge in [-0.3, -0.25) is 9.59 Å². The van der Waals surface area contributed by atoms with Gasteiger partial charge in [-0.25, -0.2) is 0 Å². The molecule has 1 aromatic heterocycles. The summed E-state index contributed by atoms with van der Waals surface area (Å²) in [6.07, 6.45) is 1.74. The molecule has 0 bridgehead atoms. The van der Waals surface area contributed by atoms with Crippen molar-refractivity contribution in [2.24, 2.45) is 5.92 Å². The predicted octanol–water partition coefficient (Wildman–Crippen LogP) is 5.28. The molecule has 0 aliphatic rings. The Kier molecular flexibility index (Phi) is 8.90. The average Bonchev–Trinajstić information content (AvgIpc) is 3.20. The van der Waals surface area contributed by atoms with Crippen molar-refractivity contribution in [3.05, 3.63) is 83.2 Å². The number of nitrogens with one attached hydrogen (secondary N) is 2. The van der Waals surface area contributed by atoms with Crippen LogP contribution in [-0.4, -0.2) is 32.3 Å². The molecular formula is C25H28ClN5O2S. The zero-order valence-corrected chi connectivity index (χ0v) is 21.0. The lowest BCUT2D eigenvalue weighted by molar-refractivity contribution is -0.113. The number of carbonyl (C=O) groups excluding carboxylic acids is 2. The Morgan fingerprint density at radius 3 is 2.41 bits per heavy atom. The third-order valence-electron chi connectivity index (χ3n) is 5.06. The van der Waals surface area contributed by atoms with E-state index in [0.29, 0.717) is 33.8 Å². The van der Waals surface area contributed by atoms with E-state index in [-0.39, 0.29) is 29.5 Å². The molecule has 0 unspecified atom stereocenters. The van der Waals surface area contributed by atoms with Crippen LogP contribution in [-0.2, 0) is 11.3 Å². The SMILES string of the molecule is C=CCn1c(SCC(=O)Nc2ccc(Cl)cc2)nnc1[C@H](NC(=O)c1ccc(C)cc1)C(C)C. The van der Waals surface area contributed by atoms with E-state index >= 15 is 0 Å². The Morgan fingerprint density at radius 1 is 1.12 bits per heavy atom. The third kappa shape index (κ3) is 6.71. The molecule has 0 aliphatic carbocycles. The quantitative estimate of drug-likeness (QED) is 0.293. The summed E-state index contributed by atoms with van der Waals surface area (Å²) in [6.45, 7) is 10.3. The standard InChI is InChI=1S/C25H28ClN5O2S/c1-5-14-31-23(22(16(2)3)28-24(33)18-8-6-17(4)7-9-18)29-30-25(31)34-15-21(32)27-20-12-10-19(26)11-13-20/h5-13,16,22H,1,14-15H2,2-4H3,(H,27,32)(H,28,33)/t22-/m1/s1. The van der Waals surface area contributed by atoms with E-state index in [1.165, 1.54) is 11.8 Å². The van der Waals surface area contributed by atoms with Crippen LogP contribution in [0.4, 0.5) is 5.69 Å². The summed E-state index contributed by atoms with van der Waals surface area (Å²) in [5.74, 6) is 0.489. The fraction of sp³-hybridized carbons (Fsp3) is 0.280. The molecule has 1 heterocycles. The van der Waals surface area contributed by atoms with Crippen LogP contribution in [0.1, 0.15) is 41.6 Å². The minimum absolute atomic E-state index is 0.0632. The van der Waals surface area contributed by atoms with Gasteiger partial charge in [0.25, 0.3) is 5.91 Å². The van der Waals surface area contributed by atoms with Crippen molar-refractivity contribution in [1.82, 2.24) is 20.1 Å². The van der Waals surface area contributed by atoms with Crippen LogP contribution in [0, 0.1) is 12.8 Å². The molecule has 3 rings (SSSR count). The van der Waals surface area contributed by atoms with Crippen LogP contribution in [0.3, 0.4) is 0 Å². The molecule has 7 nitrogen and oxygen atoms in total. The van der Waals surface area contributed by atoms with Gasteiger partial charge in [0.15, 0.2) is 11.0 Å². The van der Waals surface area contributed by atoms with Gasteiger partial charge in [-0.15, -0.1) is 16.8 Å². The molecule has 2 amide bonds. The second-order valence-corrected chi connectivity index (χ2v) is 9.52. The highest BCUT2D eigenvalue weighted by atomic mass is 35.5. The molecule has 3 aromatic rings. The first-order valence-electron chi connectivity index (χ1n) is 10.9. The lowest BCUT2D eigenvalue weighted by Crippen LogP contribution is -2.33. The highest BCUT2D eigenvalue weighted by Gasteiger charge is 2.26. The molecule has 1 atom stereocenters. The smallest absolute Gasteiger partial charge is 0.251 e. The number of carbonyl (C=O) groups is 2. The van der Waals surface area contributed by atoms with Crippen LogP contribution in [0.2, 0.25) is 5.02 Å². The van der Waals surface area contributed by atoms with Crippen LogP contribution in [0.15, 0.2) is 66.3 Å². The second kappa shape index (κ2) is 11.9. The highest BCUT2D eigenvalue weighted by molar-refractivity contribution is 7.99. The minimum Gasteiger partial charge on any atom is -0.342 e. The van der Waals surface area contributed by atoms with Gasteiger partial charge in [-0.1, -0.05) is 61.0 Å². The van der Waals surface area contributed by atoms with E-state index in [0.717, 1.165) is 5.56 Å². The van der Waals surface area contributed by atoms with E-state index < -0.39 is 0 Å². The summed E-state index contributed by atoms with van der Waals surface area (Å²) in [5.41, 5.74) is 2.34. The van der Waals surface area contributed by atoms with Crippen molar-refractivity contribution < 1.29 is 9.59 Å². The number of hydrogen-bond acceptors (Lipinski definition) is 5. The number of anilines is 1. The van der Waals surface area contributed by atoms with Crippen molar-refractivity contribution in [2.45, 2.75) is 38.5 Å². The average molecular weight is 498 g/mol. The summed E-state index contributed by atoms with van der Waals surface area (Å²) in [6, 6.07) is 14.0. The zero-order valence-electron chi connectivity index (χ0n) is 19.4. The predicted molar refractivity (Wildman–Crippen MR) is 137 cm³/mol.